The second kappa shape index (κ2) is 1.60. The average molecular weight is 153 g/mol. The Balaban J connectivity index is 2.25. The van der Waals surface area contributed by atoms with Crippen LogP contribution in [0.15, 0.2) is 5.51 Å². The molecular formula is C7H7NOS. The monoisotopic (exact) mass is 153 g/mol. The SMILES string of the molecule is c1nc2c(s1)C1CCC2O1. The molecule has 1 aromatic rings. The number of nitrogens with zero attached hydrogens (tertiary/aromatic N) is 1. The topological polar surface area (TPSA) is 22.1 Å². The van der Waals surface area contributed by atoms with Crippen molar-refractivity contribution in [2.24, 2.45) is 0 Å². The molecule has 2 bridgehead atoms. The number of hydrogen-bond donors (Lipinski definition) is 0. The number of rotatable bonds is 0. The molecule has 0 N–H and O–H groups in total. The van der Waals surface area contributed by atoms with Crippen molar-refractivity contribution in [1.29, 1.82) is 0 Å². The molecule has 0 saturated carbocycles. The van der Waals surface area contributed by atoms with Crippen LogP contribution in [-0.4, -0.2) is 4.98 Å². The van der Waals surface area contributed by atoms with Gasteiger partial charge in [0.15, 0.2) is 0 Å². The lowest BCUT2D eigenvalue weighted by atomic mass is 10.0. The first-order chi connectivity index (χ1) is 4.95. The van der Waals surface area contributed by atoms with Crippen molar-refractivity contribution in [2.45, 2.75) is 25.0 Å². The van der Waals surface area contributed by atoms with Gasteiger partial charge in [-0.05, 0) is 12.8 Å². The molecule has 3 heteroatoms. The molecule has 2 aliphatic rings. The Morgan fingerprint density at radius 1 is 1.50 bits per heavy atom. The fraction of sp³-hybridized carbons (Fsp3) is 0.571. The predicted octanol–water partition coefficient (Wildman–Crippen LogP) is 2.05. The Labute approximate surface area is 62.9 Å². The second-order valence-electron chi connectivity index (χ2n) is 2.79. The van der Waals surface area contributed by atoms with E-state index in [1.807, 2.05) is 5.51 Å². The van der Waals surface area contributed by atoms with Gasteiger partial charge < -0.3 is 4.74 Å². The zero-order chi connectivity index (χ0) is 6.55. The third-order valence-corrected chi connectivity index (χ3v) is 3.18. The Hall–Kier alpha value is -0.410. The summed E-state index contributed by atoms with van der Waals surface area (Å²) in [6, 6.07) is 0. The highest BCUT2D eigenvalue weighted by molar-refractivity contribution is 7.09. The summed E-state index contributed by atoms with van der Waals surface area (Å²) in [7, 11) is 0. The zero-order valence-electron chi connectivity index (χ0n) is 5.41. The van der Waals surface area contributed by atoms with Gasteiger partial charge in [0.1, 0.15) is 6.10 Å². The summed E-state index contributed by atoms with van der Waals surface area (Å²) in [4.78, 5) is 5.66. The lowest BCUT2D eigenvalue weighted by Gasteiger charge is -2.01. The lowest BCUT2D eigenvalue weighted by Crippen LogP contribution is -1.93. The summed E-state index contributed by atoms with van der Waals surface area (Å²) in [5.74, 6) is 0. The molecule has 2 aliphatic heterocycles. The van der Waals surface area contributed by atoms with E-state index in [0.29, 0.717) is 12.2 Å². The maximum Gasteiger partial charge on any atom is 0.102 e. The van der Waals surface area contributed by atoms with E-state index in [0.717, 1.165) is 0 Å². The summed E-state index contributed by atoms with van der Waals surface area (Å²) in [5, 5.41) is 0. The molecule has 1 fully saturated rings. The van der Waals surface area contributed by atoms with E-state index >= 15 is 0 Å². The van der Waals surface area contributed by atoms with E-state index in [1.165, 1.54) is 23.4 Å². The first-order valence-electron chi connectivity index (χ1n) is 3.54. The van der Waals surface area contributed by atoms with Crippen LogP contribution in [0, 0.1) is 0 Å². The largest absolute Gasteiger partial charge is 0.363 e. The van der Waals surface area contributed by atoms with Gasteiger partial charge in [0, 0.05) is 0 Å². The molecule has 1 aromatic heterocycles. The van der Waals surface area contributed by atoms with Gasteiger partial charge in [-0.15, -0.1) is 11.3 Å². The van der Waals surface area contributed by atoms with Gasteiger partial charge in [0.05, 0.1) is 22.2 Å². The van der Waals surface area contributed by atoms with Gasteiger partial charge in [-0.2, -0.15) is 0 Å². The molecule has 2 unspecified atom stereocenters. The molecule has 0 amide bonds. The van der Waals surface area contributed by atoms with Crippen LogP contribution in [-0.2, 0) is 4.74 Å². The van der Waals surface area contributed by atoms with E-state index < -0.39 is 0 Å². The van der Waals surface area contributed by atoms with Gasteiger partial charge in [0.2, 0.25) is 0 Å². The standard InChI is InChI=1S/C7H7NOS/c1-2-5-7-6(4(1)9-5)8-3-10-7/h3-5H,1-2H2. The van der Waals surface area contributed by atoms with E-state index in [2.05, 4.69) is 4.98 Å². The van der Waals surface area contributed by atoms with E-state index in [-0.39, 0.29) is 0 Å². The zero-order valence-corrected chi connectivity index (χ0v) is 6.23. The normalized spacial score (nSPS) is 34.8. The highest BCUT2D eigenvalue weighted by Gasteiger charge is 2.40. The molecule has 0 radical (unpaired) electrons. The average Bonchev–Trinajstić information content (AvgIpc) is 2.60. The minimum Gasteiger partial charge on any atom is -0.363 e. The Kier molecular flexibility index (Phi) is 0.843. The number of hydrogen-bond acceptors (Lipinski definition) is 3. The summed E-state index contributed by atoms with van der Waals surface area (Å²) in [6.45, 7) is 0. The van der Waals surface area contributed by atoms with Crippen molar-refractivity contribution in [3.63, 3.8) is 0 Å². The summed E-state index contributed by atoms with van der Waals surface area (Å²) in [6.07, 6.45) is 3.15. The van der Waals surface area contributed by atoms with Crippen LogP contribution in [0.5, 0.6) is 0 Å². The van der Waals surface area contributed by atoms with Crippen LogP contribution < -0.4 is 0 Å². The smallest absolute Gasteiger partial charge is 0.102 e. The molecule has 0 aliphatic carbocycles. The fourth-order valence-electron chi connectivity index (χ4n) is 1.78. The third kappa shape index (κ3) is 0.466. The van der Waals surface area contributed by atoms with Gasteiger partial charge in [-0.1, -0.05) is 0 Å². The molecular weight excluding hydrogens is 146 g/mol. The maximum absolute atomic E-state index is 5.63. The molecule has 52 valence electrons. The third-order valence-electron chi connectivity index (χ3n) is 2.24. The van der Waals surface area contributed by atoms with Crippen molar-refractivity contribution < 1.29 is 4.74 Å². The van der Waals surface area contributed by atoms with Crippen LogP contribution >= 0.6 is 11.3 Å². The van der Waals surface area contributed by atoms with E-state index in [4.69, 9.17) is 4.74 Å². The van der Waals surface area contributed by atoms with Crippen molar-refractivity contribution >= 4 is 11.3 Å². The van der Waals surface area contributed by atoms with Gasteiger partial charge in [-0.25, -0.2) is 4.98 Å². The van der Waals surface area contributed by atoms with Crippen molar-refractivity contribution in [1.82, 2.24) is 4.98 Å². The summed E-state index contributed by atoms with van der Waals surface area (Å²) < 4.78 is 5.63. The van der Waals surface area contributed by atoms with E-state index in [9.17, 15) is 0 Å². The molecule has 3 heterocycles. The number of fused-ring (bicyclic) bond motifs is 5. The molecule has 0 aromatic carbocycles. The minimum atomic E-state index is 0.353. The lowest BCUT2D eigenvalue weighted by molar-refractivity contribution is 0.0710. The highest BCUT2D eigenvalue weighted by Crippen LogP contribution is 2.51. The second-order valence-corrected chi connectivity index (χ2v) is 3.68. The molecule has 1 saturated heterocycles. The molecule has 0 spiro atoms. The van der Waals surface area contributed by atoms with E-state index in [1.54, 1.807) is 11.3 Å². The van der Waals surface area contributed by atoms with Gasteiger partial charge in [-0.3, -0.25) is 0 Å². The van der Waals surface area contributed by atoms with Crippen molar-refractivity contribution in [3.8, 4) is 0 Å². The molecule has 2 nitrogen and oxygen atoms in total. The molecule has 3 rings (SSSR count). The van der Waals surface area contributed by atoms with Gasteiger partial charge in [0.25, 0.3) is 0 Å². The van der Waals surface area contributed by atoms with Crippen molar-refractivity contribution in [3.05, 3.63) is 16.1 Å². The van der Waals surface area contributed by atoms with Crippen LogP contribution in [0.3, 0.4) is 0 Å². The number of ether oxygens (including phenoxy) is 1. The summed E-state index contributed by atoms with van der Waals surface area (Å²) >= 11 is 1.74. The molecule has 2 atom stereocenters. The number of thiazole rings is 1. The Bertz CT molecular complexity index is 246. The fourth-order valence-corrected chi connectivity index (χ4v) is 2.69. The van der Waals surface area contributed by atoms with Gasteiger partial charge >= 0.3 is 0 Å². The summed E-state index contributed by atoms with van der Waals surface area (Å²) in [5.41, 5.74) is 3.15. The molecule has 10 heavy (non-hydrogen) atoms. The van der Waals surface area contributed by atoms with Crippen LogP contribution in [0.2, 0.25) is 0 Å². The highest BCUT2D eigenvalue weighted by atomic mass is 32.1. The predicted molar refractivity (Wildman–Crippen MR) is 37.9 cm³/mol. The quantitative estimate of drug-likeness (QED) is 0.569. The minimum absolute atomic E-state index is 0.353. The Morgan fingerprint density at radius 2 is 2.40 bits per heavy atom. The van der Waals surface area contributed by atoms with Crippen LogP contribution in [0.25, 0.3) is 0 Å². The Morgan fingerprint density at radius 3 is 3.30 bits per heavy atom. The van der Waals surface area contributed by atoms with Crippen LogP contribution in [0.4, 0.5) is 0 Å². The first kappa shape index (κ1) is 5.27. The first-order valence-corrected chi connectivity index (χ1v) is 4.42. The van der Waals surface area contributed by atoms with Crippen molar-refractivity contribution in [2.75, 3.05) is 0 Å². The van der Waals surface area contributed by atoms with Crippen LogP contribution in [0.1, 0.15) is 35.6 Å². The maximum atomic E-state index is 5.63. The number of aromatic nitrogens is 1.